The second-order valence-electron chi connectivity index (χ2n) is 6.05. The summed E-state index contributed by atoms with van der Waals surface area (Å²) in [5.74, 6) is -2.91. The molecule has 31 heavy (non-hydrogen) atoms. The predicted molar refractivity (Wildman–Crippen MR) is 111 cm³/mol. The molecule has 0 fully saturated rings. The number of carboxylic acids is 4. The summed E-state index contributed by atoms with van der Waals surface area (Å²) in [5, 5.41) is 32.9. The highest BCUT2D eigenvalue weighted by atomic mass is 16.5. The number of carbonyl (C=O) groups is 4. The first-order valence-electron chi connectivity index (χ1n) is 9.29. The number of aliphatic carboxylic acids is 4. The largest absolute Gasteiger partial charge is 0.482 e. The molecule has 168 valence electrons. The van der Waals surface area contributed by atoms with Crippen molar-refractivity contribution >= 4 is 23.9 Å². The summed E-state index contributed by atoms with van der Waals surface area (Å²) in [6.45, 7) is -0.288. The van der Waals surface area contributed by atoms with E-state index in [2.05, 4.69) is 0 Å². The van der Waals surface area contributed by atoms with Crippen LogP contribution in [-0.2, 0) is 25.6 Å². The lowest BCUT2D eigenvalue weighted by molar-refractivity contribution is -0.139. The monoisotopic (exact) mass is 434 g/mol. The van der Waals surface area contributed by atoms with Gasteiger partial charge in [-0.05, 0) is 30.5 Å². The lowest BCUT2D eigenvalue weighted by Gasteiger charge is -2.00. The van der Waals surface area contributed by atoms with Crippen molar-refractivity contribution in [2.75, 3.05) is 6.61 Å². The third-order valence-electron chi connectivity index (χ3n) is 3.33. The summed E-state index contributed by atoms with van der Waals surface area (Å²) >= 11 is 0. The van der Waals surface area contributed by atoms with Gasteiger partial charge >= 0.3 is 23.9 Å². The number of hydrogen-bond donors (Lipinski definition) is 4. The average molecular weight is 434 g/mol. The summed E-state index contributed by atoms with van der Waals surface area (Å²) in [7, 11) is 0. The van der Waals surface area contributed by atoms with Gasteiger partial charge in [0.2, 0.25) is 0 Å². The molecule has 0 saturated carbocycles. The SMILES string of the molecule is O=C(O)CCCCC(=O)O.O=C(O)COc1ccccc1.O=C(O)Cc1ccccc1. The zero-order valence-corrected chi connectivity index (χ0v) is 16.8. The molecular formula is C22H26O9. The van der Waals surface area contributed by atoms with Crippen molar-refractivity contribution in [3.05, 3.63) is 66.2 Å². The number of unbranched alkanes of at least 4 members (excludes halogenated alkanes) is 1. The minimum atomic E-state index is -0.964. The Morgan fingerprint density at radius 1 is 0.613 bits per heavy atom. The lowest BCUT2D eigenvalue weighted by Crippen LogP contribution is -2.09. The highest BCUT2D eigenvalue weighted by Crippen LogP contribution is 2.07. The molecule has 2 rings (SSSR count). The molecule has 0 aromatic heterocycles. The number of carboxylic acid groups (broad SMARTS) is 4. The Balaban J connectivity index is 0.000000436. The smallest absolute Gasteiger partial charge is 0.341 e. The number of rotatable bonds is 10. The summed E-state index contributed by atoms with van der Waals surface area (Å²) < 4.78 is 4.87. The first-order chi connectivity index (χ1) is 14.7. The molecule has 0 bridgehead atoms. The molecule has 0 radical (unpaired) electrons. The van der Waals surface area contributed by atoms with Crippen LogP contribution in [0.5, 0.6) is 5.75 Å². The molecule has 0 aliphatic carbocycles. The van der Waals surface area contributed by atoms with E-state index in [1.54, 1.807) is 36.4 Å². The second-order valence-corrected chi connectivity index (χ2v) is 6.05. The van der Waals surface area contributed by atoms with E-state index >= 15 is 0 Å². The molecule has 0 saturated heterocycles. The van der Waals surface area contributed by atoms with Gasteiger partial charge in [-0.3, -0.25) is 14.4 Å². The van der Waals surface area contributed by atoms with Crippen LogP contribution in [0.3, 0.4) is 0 Å². The predicted octanol–water partition coefficient (Wildman–Crippen LogP) is 3.18. The first-order valence-corrected chi connectivity index (χ1v) is 9.29. The zero-order chi connectivity index (χ0) is 23.5. The Hall–Kier alpha value is -3.88. The number of hydrogen-bond acceptors (Lipinski definition) is 5. The molecule has 2 aromatic carbocycles. The number of benzene rings is 2. The third kappa shape index (κ3) is 19.2. The molecule has 0 unspecified atom stereocenters. The van der Waals surface area contributed by atoms with Gasteiger partial charge in [0.15, 0.2) is 6.61 Å². The van der Waals surface area contributed by atoms with Crippen molar-refractivity contribution in [1.29, 1.82) is 0 Å². The van der Waals surface area contributed by atoms with E-state index in [4.69, 9.17) is 25.2 Å². The molecule has 0 heterocycles. The van der Waals surface area contributed by atoms with Crippen LogP contribution in [0.1, 0.15) is 31.2 Å². The molecule has 0 spiro atoms. The summed E-state index contributed by atoms with van der Waals surface area (Å²) in [6, 6.07) is 18.0. The maximum absolute atomic E-state index is 10.2. The Kier molecular flexibility index (Phi) is 14.9. The lowest BCUT2D eigenvalue weighted by atomic mass is 10.2. The Morgan fingerprint density at radius 3 is 1.45 bits per heavy atom. The zero-order valence-electron chi connectivity index (χ0n) is 16.8. The molecule has 0 amide bonds. The number of ether oxygens (including phenoxy) is 1. The molecule has 0 aliphatic rings. The standard InChI is InChI=1S/C8H8O3.C8H8O2.C6H10O4/c9-8(10)6-11-7-4-2-1-3-5-7;9-8(10)6-7-4-2-1-3-5-7;7-5(8)3-1-2-4-6(9)10/h1-5H,6H2,(H,9,10);1-5H,6H2,(H,9,10);1-4H2,(H,7,8)(H,9,10). The van der Waals surface area contributed by atoms with Gasteiger partial charge in [0.1, 0.15) is 5.75 Å². The summed E-state index contributed by atoms with van der Waals surface area (Å²) in [4.78, 5) is 40.0. The van der Waals surface area contributed by atoms with Crippen molar-refractivity contribution in [2.24, 2.45) is 0 Å². The minimum Gasteiger partial charge on any atom is -0.482 e. The van der Waals surface area contributed by atoms with Crippen LogP contribution < -0.4 is 4.74 Å². The van der Waals surface area contributed by atoms with E-state index in [1.165, 1.54) is 0 Å². The van der Waals surface area contributed by atoms with Crippen molar-refractivity contribution < 1.29 is 44.3 Å². The second kappa shape index (κ2) is 17.0. The van der Waals surface area contributed by atoms with E-state index in [0.717, 1.165) is 5.56 Å². The summed E-state index contributed by atoms with van der Waals surface area (Å²) in [5.41, 5.74) is 0.843. The van der Waals surface area contributed by atoms with E-state index < -0.39 is 23.9 Å². The van der Waals surface area contributed by atoms with Crippen LogP contribution in [0.25, 0.3) is 0 Å². The maximum Gasteiger partial charge on any atom is 0.341 e. The van der Waals surface area contributed by atoms with E-state index in [9.17, 15) is 19.2 Å². The quantitative estimate of drug-likeness (QED) is 0.412. The van der Waals surface area contributed by atoms with E-state index in [-0.39, 0.29) is 25.9 Å². The Labute approximate surface area is 179 Å². The number of para-hydroxylation sites is 1. The fraction of sp³-hybridized carbons (Fsp3) is 0.273. The average Bonchev–Trinajstić information content (AvgIpc) is 2.71. The van der Waals surface area contributed by atoms with Crippen molar-refractivity contribution in [3.8, 4) is 5.75 Å². The van der Waals surface area contributed by atoms with Gasteiger partial charge in [0.05, 0.1) is 6.42 Å². The minimum absolute atomic E-state index is 0.0628. The molecule has 0 aliphatic heterocycles. The fourth-order valence-electron chi connectivity index (χ4n) is 1.98. The van der Waals surface area contributed by atoms with Gasteiger partial charge < -0.3 is 25.2 Å². The van der Waals surface area contributed by atoms with Gasteiger partial charge in [0.25, 0.3) is 0 Å². The fourth-order valence-corrected chi connectivity index (χ4v) is 1.98. The van der Waals surface area contributed by atoms with Crippen LogP contribution in [0, 0.1) is 0 Å². The van der Waals surface area contributed by atoms with Crippen LogP contribution in [-0.4, -0.2) is 50.9 Å². The van der Waals surface area contributed by atoms with Crippen molar-refractivity contribution in [1.82, 2.24) is 0 Å². The molecule has 9 nitrogen and oxygen atoms in total. The highest BCUT2D eigenvalue weighted by molar-refractivity contribution is 5.70. The Bertz CT molecular complexity index is 773. The normalized spacial score (nSPS) is 9.16. The Morgan fingerprint density at radius 2 is 1.06 bits per heavy atom. The summed E-state index contributed by atoms with van der Waals surface area (Å²) in [6.07, 6.45) is 1.13. The van der Waals surface area contributed by atoms with Crippen LogP contribution in [0.4, 0.5) is 0 Å². The van der Waals surface area contributed by atoms with Gasteiger partial charge in [-0.25, -0.2) is 4.79 Å². The third-order valence-corrected chi connectivity index (χ3v) is 3.33. The first kappa shape index (κ1) is 27.1. The molecule has 9 heteroatoms. The van der Waals surface area contributed by atoms with Crippen LogP contribution in [0.15, 0.2) is 60.7 Å². The van der Waals surface area contributed by atoms with Gasteiger partial charge in [-0.15, -0.1) is 0 Å². The van der Waals surface area contributed by atoms with Crippen molar-refractivity contribution in [2.45, 2.75) is 32.1 Å². The molecule has 0 atom stereocenters. The van der Waals surface area contributed by atoms with E-state index in [1.807, 2.05) is 24.3 Å². The van der Waals surface area contributed by atoms with E-state index in [0.29, 0.717) is 18.6 Å². The van der Waals surface area contributed by atoms with Gasteiger partial charge in [-0.2, -0.15) is 0 Å². The molecular weight excluding hydrogens is 408 g/mol. The highest BCUT2D eigenvalue weighted by Gasteiger charge is 1.99. The van der Waals surface area contributed by atoms with Crippen LogP contribution >= 0.6 is 0 Å². The van der Waals surface area contributed by atoms with Crippen LogP contribution in [0.2, 0.25) is 0 Å². The van der Waals surface area contributed by atoms with Crippen molar-refractivity contribution in [3.63, 3.8) is 0 Å². The molecule has 4 N–H and O–H groups in total. The maximum atomic E-state index is 10.2. The molecule has 2 aromatic rings. The topological polar surface area (TPSA) is 158 Å². The van der Waals surface area contributed by atoms with Gasteiger partial charge in [0, 0.05) is 12.8 Å². The van der Waals surface area contributed by atoms with Gasteiger partial charge in [-0.1, -0.05) is 48.5 Å².